The molecule has 0 unspecified atom stereocenters. The summed E-state index contributed by atoms with van der Waals surface area (Å²) in [4.78, 5) is 16.0. The molecule has 5 nitrogen and oxygen atoms in total. The van der Waals surface area contributed by atoms with Crippen LogP contribution in [0.5, 0.6) is 11.5 Å². The first-order valence-electron chi connectivity index (χ1n) is 12.1. The van der Waals surface area contributed by atoms with E-state index in [0.717, 1.165) is 46.8 Å². The first-order valence-corrected chi connectivity index (χ1v) is 12.5. The first kappa shape index (κ1) is 22.5. The predicted molar refractivity (Wildman–Crippen MR) is 143 cm³/mol. The van der Waals surface area contributed by atoms with Crippen LogP contribution >= 0.6 is 11.6 Å². The molecule has 4 aromatic carbocycles. The molecule has 1 N–H and O–H groups in total. The number of hydrogen-bond donors (Lipinski definition) is 1. The van der Waals surface area contributed by atoms with Gasteiger partial charge >= 0.3 is 5.97 Å². The number of nitrogens with zero attached hydrogens (tertiary/aromatic N) is 1. The average Bonchev–Trinajstić information content (AvgIpc) is 3.21. The maximum atomic E-state index is 13.8. The Kier molecular flexibility index (Phi) is 5.38. The molecule has 2 aliphatic rings. The van der Waals surface area contributed by atoms with E-state index in [-0.39, 0.29) is 5.97 Å². The van der Waals surface area contributed by atoms with E-state index in [1.54, 1.807) is 0 Å². The summed E-state index contributed by atoms with van der Waals surface area (Å²) < 4.78 is 12.8. The number of hydrogen-bond acceptors (Lipinski definition) is 5. The van der Waals surface area contributed by atoms with Crippen molar-refractivity contribution in [3.05, 3.63) is 112 Å². The van der Waals surface area contributed by atoms with Gasteiger partial charge in [-0.3, -0.25) is 0 Å². The van der Waals surface area contributed by atoms with E-state index in [1.165, 1.54) is 0 Å². The number of halogens is 1. The van der Waals surface area contributed by atoms with Crippen molar-refractivity contribution in [2.45, 2.75) is 19.4 Å². The molecule has 4 aromatic rings. The zero-order chi connectivity index (χ0) is 24.9. The second-order valence-electron chi connectivity index (χ2n) is 8.82. The van der Waals surface area contributed by atoms with E-state index in [0.29, 0.717) is 22.1 Å². The molecule has 6 heteroatoms. The van der Waals surface area contributed by atoms with Gasteiger partial charge in [0.25, 0.3) is 0 Å². The van der Waals surface area contributed by atoms with Crippen LogP contribution in [0, 0.1) is 0 Å². The van der Waals surface area contributed by atoms with Crippen molar-refractivity contribution < 1.29 is 14.3 Å². The van der Waals surface area contributed by atoms with Crippen LogP contribution in [0.4, 0.5) is 17.1 Å². The maximum Gasteiger partial charge on any atom is 0.342 e. The van der Waals surface area contributed by atoms with E-state index in [4.69, 9.17) is 21.1 Å². The number of benzene rings is 4. The number of anilines is 3. The number of fused-ring (bicyclic) bond motifs is 6. The average molecular weight is 497 g/mol. The molecule has 0 aromatic heterocycles. The molecule has 1 spiro atoms. The summed E-state index contributed by atoms with van der Waals surface area (Å²) in [6.07, 6.45) is 0. The van der Waals surface area contributed by atoms with Crippen LogP contribution in [0.25, 0.3) is 0 Å². The van der Waals surface area contributed by atoms with Gasteiger partial charge in [-0.05, 0) is 50.2 Å². The fraction of sp³-hybridized carbons (Fsp3) is 0.167. The van der Waals surface area contributed by atoms with Crippen LogP contribution in [0.2, 0.25) is 5.02 Å². The fourth-order valence-electron chi connectivity index (χ4n) is 5.38. The summed E-state index contributed by atoms with van der Waals surface area (Å²) in [6.45, 7) is 5.69. The molecule has 0 amide bonds. The van der Waals surface area contributed by atoms with Gasteiger partial charge in [0, 0.05) is 35.5 Å². The van der Waals surface area contributed by atoms with Gasteiger partial charge in [-0.25, -0.2) is 4.79 Å². The molecule has 0 saturated carbocycles. The number of esters is 1. The van der Waals surface area contributed by atoms with E-state index < -0.39 is 5.60 Å². The Morgan fingerprint density at radius 3 is 2.06 bits per heavy atom. The summed E-state index contributed by atoms with van der Waals surface area (Å²) in [7, 11) is 0. The second-order valence-corrected chi connectivity index (χ2v) is 9.23. The third-order valence-corrected chi connectivity index (χ3v) is 7.31. The highest BCUT2D eigenvalue weighted by atomic mass is 35.5. The van der Waals surface area contributed by atoms with Gasteiger partial charge in [0.1, 0.15) is 11.5 Å². The van der Waals surface area contributed by atoms with Crippen molar-refractivity contribution in [2.75, 3.05) is 23.3 Å². The highest BCUT2D eigenvalue weighted by molar-refractivity contribution is 6.33. The van der Waals surface area contributed by atoms with E-state index >= 15 is 0 Å². The molecule has 0 saturated heterocycles. The lowest BCUT2D eigenvalue weighted by atomic mass is 9.76. The molecule has 2 aliphatic heterocycles. The summed E-state index contributed by atoms with van der Waals surface area (Å²) >= 11 is 6.53. The standard InChI is InChI=1S/C30H25ClN2O3/c1-3-33(4-2)24-18-17-23(32-22-14-8-7-13-21(22)31)28-27(24)29(34)36-30(28)19-11-5-9-15-25(19)35-26-16-10-6-12-20(26)30/h5-18,32H,3-4H2,1-2H3. The van der Waals surface area contributed by atoms with Gasteiger partial charge < -0.3 is 19.7 Å². The van der Waals surface area contributed by atoms with Crippen LogP contribution in [0.15, 0.2) is 84.9 Å². The summed E-state index contributed by atoms with van der Waals surface area (Å²) in [5.74, 6) is 0.962. The van der Waals surface area contributed by atoms with E-state index in [1.807, 2.05) is 84.9 Å². The zero-order valence-corrected chi connectivity index (χ0v) is 20.8. The molecule has 180 valence electrons. The normalized spacial score (nSPS) is 14.4. The van der Waals surface area contributed by atoms with Crippen LogP contribution < -0.4 is 15.0 Å². The lowest BCUT2D eigenvalue weighted by Crippen LogP contribution is -2.33. The van der Waals surface area contributed by atoms with Crippen molar-refractivity contribution in [2.24, 2.45) is 0 Å². The van der Waals surface area contributed by atoms with Crippen molar-refractivity contribution in [1.82, 2.24) is 0 Å². The van der Waals surface area contributed by atoms with Crippen LogP contribution in [-0.2, 0) is 10.3 Å². The van der Waals surface area contributed by atoms with Gasteiger partial charge in [-0.15, -0.1) is 0 Å². The SMILES string of the molecule is CCN(CC)c1ccc(Nc2ccccc2Cl)c2c1C(=O)OC21c2ccccc2Oc2ccccc21. The fourth-order valence-corrected chi connectivity index (χ4v) is 5.56. The molecule has 0 atom stereocenters. The smallest absolute Gasteiger partial charge is 0.342 e. The lowest BCUT2D eigenvalue weighted by Gasteiger charge is -2.37. The van der Waals surface area contributed by atoms with Crippen LogP contribution in [0.1, 0.15) is 40.9 Å². The monoisotopic (exact) mass is 496 g/mol. The highest BCUT2D eigenvalue weighted by Crippen LogP contribution is 2.59. The quantitative estimate of drug-likeness (QED) is 0.290. The van der Waals surface area contributed by atoms with Gasteiger partial charge in [-0.2, -0.15) is 0 Å². The van der Waals surface area contributed by atoms with E-state index in [2.05, 4.69) is 24.1 Å². The van der Waals surface area contributed by atoms with Crippen molar-refractivity contribution in [3.63, 3.8) is 0 Å². The zero-order valence-electron chi connectivity index (χ0n) is 20.0. The van der Waals surface area contributed by atoms with Crippen molar-refractivity contribution >= 4 is 34.6 Å². The summed E-state index contributed by atoms with van der Waals surface area (Å²) in [5, 5.41) is 4.09. The third kappa shape index (κ3) is 3.20. The molecule has 6 rings (SSSR count). The Morgan fingerprint density at radius 1 is 0.806 bits per heavy atom. The summed E-state index contributed by atoms with van der Waals surface area (Å²) in [6, 6.07) is 27.1. The topological polar surface area (TPSA) is 50.8 Å². The second kappa shape index (κ2) is 8.61. The van der Waals surface area contributed by atoms with Gasteiger partial charge in [0.2, 0.25) is 0 Å². The molecule has 2 heterocycles. The molecular formula is C30H25ClN2O3. The first-order chi connectivity index (χ1) is 17.6. The van der Waals surface area contributed by atoms with Gasteiger partial charge in [0.05, 0.1) is 22.0 Å². The molecule has 0 fully saturated rings. The van der Waals surface area contributed by atoms with Crippen molar-refractivity contribution in [1.29, 1.82) is 0 Å². The number of nitrogens with one attached hydrogen (secondary N) is 1. The Balaban J connectivity index is 1.70. The number of ether oxygens (including phenoxy) is 2. The molecule has 0 bridgehead atoms. The number of carbonyl (C=O) groups excluding carboxylic acids is 1. The molecular weight excluding hydrogens is 472 g/mol. The van der Waals surface area contributed by atoms with Crippen LogP contribution in [-0.4, -0.2) is 19.1 Å². The summed E-state index contributed by atoms with van der Waals surface area (Å²) in [5.41, 5.74) is 4.08. The number of para-hydroxylation sites is 3. The van der Waals surface area contributed by atoms with Crippen LogP contribution in [0.3, 0.4) is 0 Å². The largest absolute Gasteiger partial charge is 0.456 e. The Bertz CT molecular complexity index is 1450. The van der Waals surface area contributed by atoms with Crippen molar-refractivity contribution in [3.8, 4) is 11.5 Å². The van der Waals surface area contributed by atoms with E-state index in [9.17, 15) is 4.79 Å². The lowest BCUT2D eigenvalue weighted by molar-refractivity contribution is 0.0226. The number of carbonyl (C=O) groups is 1. The molecule has 36 heavy (non-hydrogen) atoms. The minimum absolute atomic E-state index is 0.360. The minimum Gasteiger partial charge on any atom is -0.456 e. The predicted octanol–water partition coefficient (Wildman–Crippen LogP) is 7.50. The maximum absolute atomic E-state index is 13.8. The Morgan fingerprint density at radius 2 is 1.42 bits per heavy atom. The molecule has 0 aliphatic carbocycles. The Labute approximate surface area is 215 Å². The minimum atomic E-state index is -1.18. The van der Waals surface area contributed by atoms with Gasteiger partial charge in [-0.1, -0.05) is 60.1 Å². The number of rotatable bonds is 5. The highest BCUT2D eigenvalue weighted by Gasteiger charge is 2.55. The Hall–Kier alpha value is -3.96. The third-order valence-electron chi connectivity index (χ3n) is 6.99. The molecule has 0 radical (unpaired) electrons. The van der Waals surface area contributed by atoms with Gasteiger partial charge in [0.15, 0.2) is 5.60 Å².